The van der Waals surface area contributed by atoms with Gasteiger partial charge in [0.2, 0.25) is 0 Å². The number of nitrogens with zero attached hydrogens (tertiary/aromatic N) is 1. The summed E-state index contributed by atoms with van der Waals surface area (Å²) in [5, 5.41) is 6.73. The molecule has 0 saturated carbocycles. The van der Waals surface area contributed by atoms with Crippen molar-refractivity contribution >= 4 is 17.4 Å². The smallest absolute Gasteiger partial charge is 0.282 e. The monoisotopic (exact) mass is 369 g/mol. The van der Waals surface area contributed by atoms with Crippen molar-refractivity contribution in [2.75, 3.05) is 13.1 Å². The van der Waals surface area contributed by atoms with Crippen molar-refractivity contribution in [3.63, 3.8) is 0 Å². The predicted molar refractivity (Wildman–Crippen MR) is 104 cm³/mol. The Hall–Kier alpha value is -2.63. The molecule has 1 heterocycles. The fourth-order valence-corrected chi connectivity index (χ4v) is 2.87. The SMILES string of the molecule is CCCNCC(=O)c1c(-c2ccccc2)[nH]n(-c2ccc(Cl)cc2)c1=O. The number of rotatable bonds is 7. The summed E-state index contributed by atoms with van der Waals surface area (Å²) in [7, 11) is 0. The number of halogens is 1. The van der Waals surface area contributed by atoms with Gasteiger partial charge in [-0.3, -0.25) is 14.7 Å². The van der Waals surface area contributed by atoms with Crippen LogP contribution in [-0.4, -0.2) is 28.7 Å². The van der Waals surface area contributed by atoms with Crippen LogP contribution in [0.5, 0.6) is 0 Å². The minimum Gasteiger partial charge on any atom is -0.310 e. The number of ketones is 1. The van der Waals surface area contributed by atoms with Crippen LogP contribution < -0.4 is 10.9 Å². The lowest BCUT2D eigenvalue weighted by Crippen LogP contribution is -2.28. The van der Waals surface area contributed by atoms with Crippen molar-refractivity contribution in [1.82, 2.24) is 15.1 Å². The van der Waals surface area contributed by atoms with E-state index < -0.39 is 0 Å². The molecule has 0 aliphatic carbocycles. The zero-order valence-corrected chi connectivity index (χ0v) is 15.2. The van der Waals surface area contributed by atoms with Gasteiger partial charge in [-0.1, -0.05) is 48.9 Å². The molecule has 0 saturated heterocycles. The number of Topliss-reactive ketones (excluding diaryl/α,β-unsaturated/α-hetero) is 1. The van der Waals surface area contributed by atoms with Gasteiger partial charge in [-0.15, -0.1) is 0 Å². The number of aromatic amines is 1. The number of nitrogens with one attached hydrogen (secondary N) is 2. The third-order valence-electron chi connectivity index (χ3n) is 4.03. The van der Waals surface area contributed by atoms with Gasteiger partial charge in [-0.25, -0.2) is 4.68 Å². The van der Waals surface area contributed by atoms with Crippen LogP contribution in [0.25, 0.3) is 16.9 Å². The van der Waals surface area contributed by atoms with Crippen LogP contribution >= 0.6 is 11.6 Å². The van der Waals surface area contributed by atoms with E-state index in [1.54, 1.807) is 24.3 Å². The first-order valence-electron chi connectivity index (χ1n) is 8.52. The molecule has 0 radical (unpaired) electrons. The molecule has 2 N–H and O–H groups in total. The lowest BCUT2D eigenvalue weighted by molar-refractivity contribution is 0.0991. The van der Waals surface area contributed by atoms with Crippen LogP contribution in [0.2, 0.25) is 5.02 Å². The molecular weight excluding hydrogens is 350 g/mol. The fourth-order valence-electron chi connectivity index (χ4n) is 2.75. The van der Waals surface area contributed by atoms with E-state index in [0.29, 0.717) is 16.4 Å². The van der Waals surface area contributed by atoms with Crippen LogP contribution in [0.1, 0.15) is 23.7 Å². The molecule has 5 nitrogen and oxygen atoms in total. The zero-order valence-electron chi connectivity index (χ0n) is 14.5. The van der Waals surface area contributed by atoms with Crippen LogP contribution in [0, 0.1) is 0 Å². The molecule has 6 heteroatoms. The molecular formula is C20H20ClN3O2. The van der Waals surface area contributed by atoms with Crippen molar-refractivity contribution in [2.45, 2.75) is 13.3 Å². The second-order valence-electron chi connectivity index (χ2n) is 5.94. The highest BCUT2D eigenvalue weighted by Crippen LogP contribution is 2.21. The molecule has 0 spiro atoms. The number of benzene rings is 2. The average molecular weight is 370 g/mol. The van der Waals surface area contributed by atoms with Gasteiger partial charge in [0.1, 0.15) is 5.56 Å². The second-order valence-corrected chi connectivity index (χ2v) is 6.38. The molecule has 0 aliphatic heterocycles. The van der Waals surface area contributed by atoms with Crippen LogP contribution in [0.4, 0.5) is 0 Å². The summed E-state index contributed by atoms with van der Waals surface area (Å²) in [6.45, 7) is 2.88. The first-order valence-corrected chi connectivity index (χ1v) is 8.90. The van der Waals surface area contributed by atoms with Crippen LogP contribution in [0.3, 0.4) is 0 Å². The standard InChI is InChI=1S/C20H20ClN3O2/c1-2-12-22-13-17(25)18-19(14-6-4-3-5-7-14)23-24(20(18)26)16-10-8-15(21)9-11-16/h3-11,22-23H,2,12-13H2,1H3. The molecule has 26 heavy (non-hydrogen) atoms. The van der Waals surface area contributed by atoms with Crippen molar-refractivity contribution < 1.29 is 4.79 Å². The summed E-state index contributed by atoms with van der Waals surface area (Å²) >= 11 is 5.93. The number of H-pyrrole nitrogens is 1. The van der Waals surface area contributed by atoms with Crippen molar-refractivity contribution in [1.29, 1.82) is 0 Å². The van der Waals surface area contributed by atoms with Gasteiger partial charge in [0.25, 0.3) is 5.56 Å². The quantitative estimate of drug-likeness (QED) is 0.493. The van der Waals surface area contributed by atoms with Gasteiger partial charge in [0.15, 0.2) is 5.78 Å². The molecule has 3 rings (SSSR count). The van der Waals surface area contributed by atoms with E-state index >= 15 is 0 Å². The summed E-state index contributed by atoms with van der Waals surface area (Å²) in [5.74, 6) is -0.230. The molecule has 3 aromatic rings. The molecule has 1 aromatic heterocycles. The third kappa shape index (κ3) is 3.79. The topological polar surface area (TPSA) is 66.9 Å². The Morgan fingerprint density at radius 1 is 1.12 bits per heavy atom. The zero-order chi connectivity index (χ0) is 18.5. The Morgan fingerprint density at radius 3 is 2.46 bits per heavy atom. The third-order valence-corrected chi connectivity index (χ3v) is 4.28. The predicted octanol–water partition coefficient (Wildman–Crippen LogP) is 3.67. The highest BCUT2D eigenvalue weighted by atomic mass is 35.5. The van der Waals surface area contributed by atoms with Crippen molar-refractivity contribution in [3.05, 3.63) is 75.5 Å². The maximum Gasteiger partial charge on any atom is 0.282 e. The van der Waals surface area contributed by atoms with E-state index in [-0.39, 0.29) is 23.5 Å². The summed E-state index contributed by atoms with van der Waals surface area (Å²) < 4.78 is 1.38. The number of hydrogen-bond donors (Lipinski definition) is 2. The largest absolute Gasteiger partial charge is 0.310 e. The number of carbonyl (C=O) groups excluding carboxylic acids is 1. The minimum atomic E-state index is -0.366. The fraction of sp³-hybridized carbons (Fsp3) is 0.200. The molecule has 0 atom stereocenters. The number of aromatic nitrogens is 2. The van der Waals surface area contributed by atoms with Gasteiger partial charge in [-0.2, -0.15) is 0 Å². The van der Waals surface area contributed by atoms with E-state index in [4.69, 9.17) is 11.6 Å². The first kappa shape index (κ1) is 18.2. The molecule has 2 aromatic carbocycles. The van der Waals surface area contributed by atoms with Gasteiger partial charge in [0.05, 0.1) is 17.9 Å². The lowest BCUT2D eigenvalue weighted by atomic mass is 10.1. The normalized spacial score (nSPS) is 10.8. The molecule has 134 valence electrons. The average Bonchev–Trinajstić information content (AvgIpc) is 3.00. The highest BCUT2D eigenvalue weighted by molar-refractivity contribution is 6.30. The van der Waals surface area contributed by atoms with Gasteiger partial charge >= 0.3 is 0 Å². The number of hydrogen-bond acceptors (Lipinski definition) is 3. The minimum absolute atomic E-state index is 0.126. The molecule has 0 unspecified atom stereocenters. The van der Waals surface area contributed by atoms with E-state index in [1.165, 1.54) is 4.68 Å². The van der Waals surface area contributed by atoms with Gasteiger partial charge in [-0.05, 0) is 37.2 Å². The Morgan fingerprint density at radius 2 is 1.81 bits per heavy atom. The first-order chi connectivity index (χ1) is 12.6. The molecule has 0 bridgehead atoms. The second kappa shape index (κ2) is 8.17. The molecule has 0 fully saturated rings. The Balaban J connectivity index is 2.10. The maximum absolute atomic E-state index is 13.0. The Bertz CT molecular complexity index is 943. The van der Waals surface area contributed by atoms with Gasteiger partial charge < -0.3 is 5.32 Å². The summed E-state index contributed by atoms with van der Waals surface area (Å²) in [5.41, 5.74) is 1.73. The summed E-state index contributed by atoms with van der Waals surface area (Å²) in [4.78, 5) is 25.7. The Kier molecular flexibility index (Phi) is 5.71. The summed E-state index contributed by atoms with van der Waals surface area (Å²) in [6, 6.07) is 16.3. The summed E-state index contributed by atoms with van der Waals surface area (Å²) in [6.07, 6.45) is 0.918. The number of carbonyl (C=O) groups is 1. The lowest BCUT2D eigenvalue weighted by Gasteiger charge is -2.03. The van der Waals surface area contributed by atoms with Gasteiger partial charge in [0, 0.05) is 10.6 Å². The van der Waals surface area contributed by atoms with E-state index in [1.807, 2.05) is 37.3 Å². The highest BCUT2D eigenvalue weighted by Gasteiger charge is 2.22. The van der Waals surface area contributed by atoms with Crippen LogP contribution in [-0.2, 0) is 0 Å². The van der Waals surface area contributed by atoms with Crippen LogP contribution in [0.15, 0.2) is 59.4 Å². The molecule has 0 amide bonds. The van der Waals surface area contributed by atoms with Crippen molar-refractivity contribution in [2.24, 2.45) is 0 Å². The Labute approximate surface area is 156 Å². The maximum atomic E-state index is 13.0. The van der Waals surface area contributed by atoms with E-state index in [0.717, 1.165) is 18.5 Å². The van der Waals surface area contributed by atoms with Crippen molar-refractivity contribution in [3.8, 4) is 16.9 Å². The molecule has 0 aliphatic rings. The van der Waals surface area contributed by atoms with E-state index in [9.17, 15) is 9.59 Å². The van der Waals surface area contributed by atoms with E-state index in [2.05, 4.69) is 10.4 Å².